The molecule has 0 unspecified atom stereocenters. The topological polar surface area (TPSA) is 90.6 Å². The Kier molecular flexibility index (Phi) is 8.11. The van der Waals surface area contributed by atoms with Gasteiger partial charge in [0.15, 0.2) is 0 Å². The van der Waals surface area contributed by atoms with Gasteiger partial charge in [-0.2, -0.15) is 0 Å². The Balaban J connectivity index is 2.16. The maximum atomic E-state index is 11.7. The van der Waals surface area contributed by atoms with Crippen molar-refractivity contribution in [3.63, 3.8) is 0 Å². The Labute approximate surface area is 126 Å². The van der Waals surface area contributed by atoms with Crippen LogP contribution in [0.4, 0.5) is 5.69 Å². The number of nitrogen functional groups attached to an aromatic ring is 1. The molecule has 6 nitrogen and oxygen atoms in total. The summed E-state index contributed by atoms with van der Waals surface area (Å²) in [5.41, 5.74) is 6.19. The minimum Gasteiger partial charge on any atom is -0.492 e. The third-order valence-electron chi connectivity index (χ3n) is 2.71. The average molecular weight is 316 g/mol. The van der Waals surface area contributed by atoms with Crippen molar-refractivity contribution < 1.29 is 17.9 Å². The number of ether oxygens (including phenoxy) is 2. The zero-order valence-corrected chi connectivity index (χ0v) is 13.2. The zero-order chi connectivity index (χ0) is 15.6. The fourth-order valence-corrected chi connectivity index (χ4v) is 2.36. The van der Waals surface area contributed by atoms with Crippen LogP contribution in [-0.2, 0) is 14.8 Å². The summed E-state index contributed by atoms with van der Waals surface area (Å²) in [5.74, 6) is 0.508. The molecule has 0 aliphatic rings. The normalized spacial score (nSPS) is 11.5. The Hall–Kier alpha value is -1.31. The molecule has 0 amide bonds. The van der Waals surface area contributed by atoms with Crippen LogP contribution in [0.2, 0.25) is 0 Å². The molecule has 0 spiro atoms. The molecule has 0 bridgehead atoms. The van der Waals surface area contributed by atoms with E-state index in [4.69, 9.17) is 15.2 Å². The lowest BCUT2D eigenvalue weighted by atomic mass is 10.3. The zero-order valence-electron chi connectivity index (χ0n) is 12.4. The average Bonchev–Trinajstić information content (AvgIpc) is 2.45. The van der Waals surface area contributed by atoms with Crippen LogP contribution in [0.3, 0.4) is 0 Å². The molecule has 0 saturated carbocycles. The molecule has 3 N–H and O–H groups in total. The highest BCUT2D eigenvalue weighted by atomic mass is 32.2. The monoisotopic (exact) mass is 316 g/mol. The van der Waals surface area contributed by atoms with Crippen molar-refractivity contribution in [2.75, 3.05) is 37.9 Å². The molecule has 120 valence electrons. The summed E-state index contributed by atoms with van der Waals surface area (Å²) in [4.78, 5) is 0. The summed E-state index contributed by atoms with van der Waals surface area (Å²) in [5, 5.41) is 0. The quantitative estimate of drug-likeness (QED) is 0.475. The predicted molar refractivity (Wildman–Crippen MR) is 83.9 cm³/mol. The lowest BCUT2D eigenvalue weighted by Gasteiger charge is -2.09. The Bertz CT molecular complexity index is 488. The van der Waals surface area contributed by atoms with Gasteiger partial charge in [-0.15, -0.1) is 0 Å². The first kappa shape index (κ1) is 17.7. The van der Waals surface area contributed by atoms with Gasteiger partial charge < -0.3 is 15.2 Å². The first-order chi connectivity index (χ1) is 10.0. The van der Waals surface area contributed by atoms with E-state index in [1.54, 1.807) is 24.3 Å². The molecular formula is C14H24N2O4S. The van der Waals surface area contributed by atoms with Gasteiger partial charge in [-0.05, 0) is 30.7 Å². The summed E-state index contributed by atoms with van der Waals surface area (Å²) in [6, 6.07) is 6.82. The van der Waals surface area contributed by atoms with Crippen molar-refractivity contribution >= 4 is 15.7 Å². The van der Waals surface area contributed by atoms with Gasteiger partial charge in [0, 0.05) is 18.8 Å². The van der Waals surface area contributed by atoms with Crippen LogP contribution in [0.15, 0.2) is 24.3 Å². The fraction of sp³-hybridized carbons (Fsp3) is 0.571. The van der Waals surface area contributed by atoms with E-state index in [9.17, 15) is 8.42 Å². The Morgan fingerprint density at radius 3 is 2.52 bits per heavy atom. The molecular weight excluding hydrogens is 292 g/mol. The summed E-state index contributed by atoms with van der Waals surface area (Å²) >= 11 is 0. The SMILES string of the molecule is CCCCOCCNS(=O)(=O)CCOc1ccc(N)cc1. The lowest BCUT2D eigenvalue weighted by Crippen LogP contribution is -2.31. The van der Waals surface area contributed by atoms with Crippen molar-refractivity contribution in [2.45, 2.75) is 19.8 Å². The van der Waals surface area contributed by atoms with Crippen LogP contribution in [0.5, 0.6) is 5.75 Å². The molecule has 0 aliphatic carbocycles. The third kappa shape index (κ3) is 8.54. The third-order valence-corrected chi connectivity index (χ3v) is 4.06. The molecule has 1 rings (SSSR count). The van der Waals surface area contributed by atoms with E-state index in [1.165, 1.54) is 0 Å². The van der Waals surface area contributed by atoms with E-state index >= 15 is 0 Å². The van der Waals surface area contributed by atoms with Gasteiger partial charge in [0.2, 0.25) is 10.0 Å². The molecule has 1 aromatic carbocycles. The second-order valence-electron chi connectivity index (χ2n) is 4.60. The minimum absolute atomic E-state index is 0.0909. The lowest BCUT2D eigenvalue weighted by molar-refractivity contribution is 0.136. The Morgan fingerprint density at radius 1 is 1.14 bits per heavy atom. The fourth-order valence-electron chi connectivity index (χ4n) is 1.52. The van der Waals surface area contributed by atoms with Crippen molar-refractivity contribution in [3.8, 4) is 5.75 Å². The van der Waals surface area contributed by atoms with E-state index in [-0.39, 0.29) is 18.9 Å². The van der Waals surface area contributed by atoms with Crippen LogP contribution in [0.25, 0.3) is 0 Å². The van der Waals surface area contributed by atoms with Crippen LogP contribution in [0.1, 0.15) is 19.8 Å². The predicted octanol–water partition coefficient (Wildman–Crippen LogP) is 1.38. The number of nitrogens with two attached hydrogens (primary N) is 1. The first-order valence-electron chi connectivity index (χ1n) is 7.07. The second kappa shape index (κ2) is 9.59. The van der Waals surface area contributed by atoms with Gasteiger partial charge >= 0.3 is 0 Å². The van der Waals surface area contributed by atoms with Gasteiger partial charge in [-0.3, -0.25) is 0 Å². The number of hydrogen-bond acceptors (Lipinski definition) is 5. The number of benzene rings is 1. The number of hydrogen-bond donors (Lipinski definition) is 2. The molecule has 0 radical (unpaired) electrons. The van der Waals surface area contributed by atoms with E-state index < -0.39 is 10.0 Å². The van der Waals surface area contributed by atoms with Crippen molar-refractivity contribution in [2.24, 2.45) is 0 Å². The van der Waals surface area contributed by atoms with Gasteiger partial charge in [-0.25, -0.2) is 13.1 Å². The minimum atomic E-state index is -3.33. The van der Waals surface area contributed by atoms with Crippen LogP contribution in [0, 0.1) is 0 Å². The molecule has 0 aliphatic heterocycles. The summed E-state index contributed by atoms with van der Waals surface area (Å²) < 4.78 is 36.5. The molecule has 0 saturated heterocycles. The molecule has 0 fully saturated rings. The highest BCUT2D eigenvalue weighted by Crippen LogP contribution is 2.12. The van der Waals surface area contributed by atoms with E-state index in [0.717, 1.165) is 12.8 Å². The number of anilines is 1. The first-order valence-corrected chi connectivity index (χ1v) is 8.72. The van der Waals surface area contributed by atoms with Gasteiger partial charge in [0.05, 0.1) is 12.4 Å². The van der Waals surface area contributed by atoms with Crippen molar-refractivity contribution in [3.05, 3.63) is 24.3 Å². The molecule has 1 aromatic rings. The maximum Gasteiger partial charge on any atom is 0.215 e. The largest absolute Gasteiger partial charge is 0.492 e. The van der Waals surface area contributed by atoms with Crippen LogP contribution < -0.4 is 15.2 Å². The number of nitrogens with one attached hydrogen (secondary N) is 1. The number of sulfonamides is 1. The molecule has 21 heavy (non-hydrogen) atoms. The summed E-state index contributed by atoms with van der Waals surface area (Å²) in [6.07, 6.45) is 2.05. The Morgan fingerprint density at radius 2 is 1.86 bits per heavy atom. The van der Waals surface area contributed by atoms with Gasteiger partial charge in [-0.1, -0.05) is 13.3 Å². The van der Waals surface area contributed by atoms with Crippen molar-refractivity contribution in [1.82, 2.24) is 4.72 Å². The molecule has 0 atom stereocenters. The summed E-state index contributed by atoms with van der Waals surface area (Å²) in [6.45, 7) is 3.51. The molecule has 0 heterocycles. The maximum absolute atomic E-state index is 11.7. The summed E-state index contributed by atoms with van der Waals surface area (Å²) in [7, 11) is -3.33. The standard InChI is InChI=1S/C14H24N2O4S/c1-2-3-9-19-10-8-16-21(17,18)12-11-20-14-6-4-13(15)5-7-14/h4-7,16H,2-3,8-12,15H2,1H3. The molecule has 0 aromatic heterocycles. The highest BCUT2D eigenvalue weighted by molar-refractivity contribution is 7.89. The van der Waals surface area contributed by atoms with Crippen LogP contribution >= 0.6 is 0 Å². The van der Waals surface area contributed by atoms with Crippen LogP contribution in [-0.4, -0.2) is 40.5 Å². The second-order valence-corrected chi connectivity index (χ2v) is 6.52. The number of unbranched alkanes of at least 4 members (excludes halogenated alkanes) is 1. The van der Waals surface area contributed by atoms with Crippen molar-refractivity contribution in [1.29, 1.82) is 0 Å². The van der Waals surface area contributed by atoms with Gasteiger partial charge in [0.25, 0.3) is 0 Å². The van der Waals surface area contributed by atoms with E-state index in [0.29, 0.717) is 24.7 Å². The van der Waals surface area contributed by atoms with Gasteiger partial charge in [0.1, 0.15) is 12.4 Å². The number of rotatable bonds is 11. The highest BCUT2D eigenvalue weighted by Gasteiger charge is 2.09. The van der Waals surface area contributed by atoms with E-state index in [2.05, 4.69) is 11.6 Å². The smallest absolute Gasteiger partial charge is 0.215 e. The van der Waals surface area contributed by atoms with E-state index in [1.807, 2.05) is 0 Å². The molecule has 7 heteroatoms.